The van der Waals surface area contributed by atoms with E-state index in [4.69, 9.17) is 9.47 Å². The molecule has 0 bridgehead atoms. The van der Waals surface area contributed by atoms with Crippen molar-refractivity contribution in [1.82, 2.24) is 0 Å². The highest BCUT2D eigenvalue weighted by Crippen LogP contribution is 2.03. The Kier molecular flexibility index (Phi) is 9.43. The Morgan fingerprint density at radius 2 is 1.50 bits per heavy atom. The zero-order valence-corrected chi connectivity index (χ0v) is 9.22. The first-order chi connectivity index (χ1) is 6.85. The van der Waals surface area contributed by atoms with Gasteiger partial charge in [-0.15, -0.1) is 11.8 Å². The van der Waals surface area contributed by atoms with Crippen LogP contribution in [0.25, 0.3) is 0 Å². The van der Waals surface area contributed by atoms with Crippen LogP contribution < -0.4 is 0 Å². The summed E-state index contributed by atoms with van der Waals surface area (Å²) in [5.41, 5.74) is 0. The van der Waals surface area contributed by atoms with Crippen LogP contribution in [0.5, 0.6) is 0 Å². The van der Waals surface area contributed by atoms with Crippen LogP contribution in [-0.2, 0) is 9.47 Å². The molecule has 2 nitrogen and oxygen atoms in total. The highest BCUT2D eigenvalue weighted by Gasteiger charge is 2.05. The summed E-state index contributed by atoms with van der Waals surface area (Å²) in [5.74, 6) is 11.2. The monoisotopic (exact) mass is 194 g/mol. The number of rotatable bonds is 6. The minimum Gasteiger partial charge on any atom is -0.340 e. The van der Waals surface area contributed by atoms with Crippen LogP contribution >= 0.6 is 0 Å². The maximum atomic E-state index is 5.41. The molecule has 0 saturated carbocycles. The zero-order valence-electron chi connectivity index (χ0n) is 9.22. The predicted molar refractivity (Wildman–Crippen MR) is 57.5 cm³/mol. The standard InChI is InChI=1S/C12H18O2/c1-4-7-10-13-12(9-6-3)14-11-8-5-2/h12H,6,9-11H2,1-3H3. The maximum Gasteiger partial charge on any atom is 0.160 e. The quantitative estimate of drug-likeness (QED) is 0.476. The molecule has 0 heterocycles. The highest BCUT2D eigenvalue weighted by molar-refractivity contribution is 4.95. The second kappa shape index (κ2) is 10.1. The van der Waals surface area contributed by atoms with Gasteiger partial charge in [0.25, 0.3) is 0 Å². The molecule has 14 heavy (non-hydrogen) atoms. The molecule has 0 amide bonds. The van der Waals surface area contributed by atoms with Crippen molar-refractivity contribution >= 4 is 0 Å². The number of hydrogen-bond acceptors (Lipinski definition) is 2. The largest absolute Gasteiger partial charge is 0.340 e. The van der Waals surface area contributed by atoms with Gasteiger partial charge in [-0.2, -0.15) is 0 Å². The van der Waals surface area contributed by atoms with E-state index in [-0.39, 0.29) is 6.29 Å². The topological polar surface area (TPSA) is 18.5 Å². The van der Waals surface area contributed by atoms with Gasteiger partial charge >= 0.3 is 0 Å². The first kappa shape index (κ1) is 13.0. The van der Waals surface area contributed by atoms with Gasteiger partial charge in [0.15, 0.2) is 6.29 Å². The summed E-state index contributed by atoms with van der Waals surface area (Å²) in [6.45, 7) is 6.54. The maximum absolute atomic E-state index is 5.41. The van der Waals surface area contributed by atoms with E-state index in [9.17, 15) is 0 Å². The lowest BCUT2D eigenvalue weighted by Gasteiger charge is -2.14. The summed E-state index contributed by atoms with van der Waals surface area (Å²) >= 11 is 0. The Hall–Kier alpha value is -0.960. The minimum atomic E-state index is -0.165. The lowest BCUT2D eigenvalue weighted by Crippen LogP contribution is -2.17. The molecule has 0 spiro atoms. The van der Waals surface area contributed by atoms with Crippen LogP contribution in [0, 0.1) is 23.7 Å². The SMILES string of the molecule is CC#CCOC(CCC)OCC#CC. The van der Waals surface area contributed by atoms with Crippen molar-refractivity contribution in [2.75, 3.05) is 13.2 Å². The van der Waals surface area contributed by atoms with Crippen LogP contribution in [0.2, 0.25) is 0 Å². The fraction of sp³-hybridized carbons (Fsp3) is 0.667. The van der Waals surface area contributed by atoms with E-state index in [2.05, 4.69) is 30.6 Å². The van der Waals surface area contributed by atoms with E-state index < -0.39 is 0 Å². The van der Waals surface area contributed by atoms with Gasteiger partial charge in [-0.25, -0.2) is 0 Å². The van der Waals surface area contributed by atoms with E-state index in [1.54, 1.807) is 13.8 Å². The lowest BCUT2D eigenvalue weighted by atomic mass is 10.3. The summed E-state index contributed by atoms with van der Waals surface area (Å²) in [7, 11) is 0. The molecule has 0 aromatic rings. The van der Waals surface area contributed by atoms with Crippen molar-refractivity contribution in [3.05, 3.63) is 0 Å². The Balaban J connectivity index is 3.72. The molecular formula is C12H18O2. The molecule has 0 radical (unpaired) electrons. The van der Waals surface area contributed by atoms with Crippen molar-refractivity contribution in [1.29, 1.82) is 0 Å². The van der Waals surface area contributed by atoms with Crippen LogP contribution in [0.4, 0.5) is 0 Å². The molecule has 0 aliphatic heterocycles. The van der Waals surface area contributed by atoms with Crippen molar-refractivity contribution in [3.63, 3.8) is 0 Å². The smallest absolute Gasteiger partial charge is 0.160 e. The van der Waals surface area contributed by atoms with E-state index in [0.29, 0.717) is 13.2 Å². The van der Waals surface area contributed by atoms with E-state index in [1.807, 2.05) is 0 Å². The van der Waals surface area contributed by atoms with Gasteiger partial charge < -0.3 is 9.47 Å². The third-order valence-electron chi connectivity index (χ3n) is 1.56. The van der Waals surface area contributed by atoms with Gasteiger partial charge in [0, 0.05) is 0 Å². The molecule has 0 saturated heterocycles. The van der Waals surface area contributed by atoms with Crippen LogP contribution in [0.3, 0.4) is 0 Å². The van der Waals surface area contributed by atoms with Crippen molar-refractivity contribution < 1.29 is 9.47 Å². The molecule has 0 N–H and O–H groups in total. The zero-order chi connectivity index (χ0) is 10.6. The molecule has 0 aromatic heterocycles. The van der Waals surface area contributed by atoms with Crippen LogP contribution in [-0.4, -0.2) is 19.5 Å². The third-order valence-corrected chi connectivity index (χ3v) is 1.56. The molecule has 0 rings (SSSR count). The van der Waals surface area contributed by atoms with E-state index in [1.165, 1.54) is 0 Å². The summed E-state index contributed by atoms with van der Waals surface area (Å²) in [6.07, 6.45) is 1.75. The van der Waals surface area contributed by atoms with Gasteiger partial charge in [-0.05, 0) is 20.3 Å². The Morgan fingerprint density at radius 1 is 1.00 bits per heavy atom. The van der Waals surface area contributed by atoms with Crippen molar-refractivity contribution in [2.45, 2.75) is 39.9 Å². The average Bonchev–Trinajstić information content (AvgIpc) is 2.18. The van der Waals surface area contributed by atoms with Gasteiger partial charge in [0.2, 0.25) is 0 Å². The third kappa shape index (κ3) is 7.68. The van der Waals surface area contributed by atoms with Gasteiger partial charge in [0.1, 0.15) is 13.2 Å². The van der Waals surface area contributed by atoms with Crippen LogP contribution in [0.15, 0.2) is 0 Å². The Morgan fingerprint density at radius 3 is 1.86 bits per heavy atom. The van der Waals surface area contributed by atoms with E-state index in [0.717, 1.165) is 12.8 Å². The molecule has 0 fully saturated rings. The summed E-state index contributed by atoms with van der Waals surface area (Å²) in [6, 6.07) is 0. The summed E-state index contributed by atoms with van der Waals surface area (Å²) < 4.78 is 10.8. The average molecular weight is 194 g/mol. The fourth-order valence-corrected chi connectivity index (χ4v) is 0.864. The van der Waals surface area contributed by atoms with Crippen molar-refractivity contribution in [3.8, 4) is 23.7 Å². The molecular weight excluding hydrogens is 176 g/mol. The van der Waals surface area contributed by atoms with Gasteiger partial charge in [-0.1, -0.05) is 25.2 Å². The molecule has 0 atom stereocenters. The molecule has 0 aromatic carbocycles. The molecule has 0 aliphatic rings. The van der Waals surface area contributed by atoms with Crippen LogP contribution in [0.1, 0.15) is 33.6 Å². The Labute approximate surface area is 87.0 Å². The van der Waals surface area contributed by atoms with E-state index >= 15 is 0 Å². The molecule has 0 unspecified atom stereocenters. The van der Waals surface area contributed by atoms with Crippen molar-refractivity contribution in [2.24, 2.45) is 0 Å². The summed E-state index contributed by atoms with van der Waals surface area (Å²) in [5, 5.41) is 0. The number of hydrogen-bond donors (Lipinski definition) is 0. The fourth-order valence-electron chi connectivity index (χ4n) is 0.864. The first-order valence-corrected chi connectivity index (χ1v) is 4.87. The molecule has 0 aliphatic carbocycles. The van der Waals surface area contributed by atoms with Gasteiger partial charge in [0.05, 0.1) is 0 Å². The first-order valence-electron chi connectivity index (χ1n) is 4.87. The minimum absolute atomic E-state index is 0.165. The highest BCUT2D eigenvalue weighted by atomic mass is 16.7. The second-order valence-corrected chi connectivity index (χ2v) is 2.69. The molecule has 2 heteroatoms. The number of ether oxygens (including phenoxy) is 2. The lowest BCUT2D eigenvalue weighted by molar-refractivity contribution is -0.127. The molecule has 78 valence electrons. The predicted octanol–water partition coefficient (Wildman–Crippen LogP) is 2.19. The summed E-state index contributed by atoms with van der Waals surface area (Å²) in [4.78, 5) is 0. The van der Waals surface area contributed by atoms with Gasteiger partial charge in [-0.3, -0.25) is 0 Å². The second-order valence-electron chi connectivity index (χ2n) is 2.69. The Bertz CT molecular complexity index is 213. The normalized spacial score (nSPS) is 8.86.